The van der Waals surface area contributed by atoms with Crippen LogP contribution in [-0.2, 0) is 6.18 Å². The minimum atomic E-state index is -4.44. The number of amides is 1. The number of hydrogen-bond donors (Lipinski definition) is 1. The number of carbonyl (C=O) groups is 1. The highest BCUT2D eigenvalue weighted by molar-refractivity contribution is 6.18. The average molecular weight is 308 g/mol. The molecule has 0 spiro atoms. The minimum absolute atomic E-state index is 0.0187. The number of carbonyl (C=O) groups excluding carboxylic acids is 1. The molecule has 0 aliphatic carbocycles. The summed E-state index contributed by atoms with van der Waals surface area (Å²) in [5, 5.41) is 2.61. The van der Waals surface area contributed by atoms with Gasteiger partial charge in [0.25, 0.3) is 5.91 Å². The lowest BCUT2D eigenvalue weighted by Gasteiger charge is -2.10. The molecule has 0 radical (unpaired) electrons. The van der Waals surface area contributed by atoms with Gasteiger partial charge in [-0.3, -0.25) is 4.79 Å². The lowest BCUT2D eigenvalue weighted by Crippen LogP contribution is -2.25. The van der Waals surface area contributed by atoms with E-state index >= 15 is 0 Å². The zero-order chi connectivity index (χ0) is 15.2. The second-order valence-corrected chi connectivity index (χ2v) is 5.04. The molecule has 1 aromatic rings. The number of nitrogens with one attached hydrogen (secondary N) is 1. The molecule has 0 bridgehead atoms. The smallest absolute Gasteiger partial charge is 0.352 e. The Kier molecular flexibility index (Phi) is 6.33. The van der Waals surface area contributed by atoms with Crippen molar-refractivity contribution in [2.24, 2.45) is 5.92 Å². The van der Waals surface area contributed by atoms with Crippen LogP contribution in [-0.4, -0.2) is 18.3 Å². The van der Waals surface area contributed by atoms with Crippen molar-refractivity contribution in [2.45, 2.75) is 25.9 Å². The van der Waals surface area contributed by atoms with E-state index in [1.54, 1.807) is 0 Å². The highest BCUT2D eigenvalue weighted by Crippen LogP contribution is 2.29. The molecule has 0 aliphatic rings. The van der Waals surface area contributed by atoms with Crippen molar-refractivity contribution in [2.75, 3.05) is 12.4 Å². The van der Waals surface area contributed by atoms with Crippen molar-refractivity contribution in [1.82, 2.24) is 5.32 Å². The van der Waals surface area contributed by atoms with Crippen LogP contribution in [0.5, 0.6) is 0 Å². The number of benzene rings is 1. The largest absolute Gasteiger partial charge is 0.416 e. The first kappa shape index (κ1) is 16.8. The topological polar surface area (TPSA) is 29.1 Å². The second kappa shape index (κ2) is 7.53. The molecule has 0 saturated heterocycles. The Labute approximate surface area is 121 Å². The molecular weight excluding hydrogens is 291 g/mol. The first-order valence-electron chi connectivity index (χ1n) is 6.36. The highest BCUT2D eigenvalue weighted by Gasteiger charge is 2.30. The molecule has 2 nitrogen and oxygen atoms in total. The Morgan fingerprint density at radius 1 is 1.40 bits per heavy atom. The van der Waals surface area contributed by atoms with Crippen LogP contribution in [0.25, 0.3) is 0 Å². The maximum atomic E-state index is 12.5. The molecule has 0 fully saturated rings. The predicted molar refractivity (Wildman–Crippen MR) is 72.9 cm³/mol. The second-order valence-electron chi connectivity index (χ2n) is 4.74. The van der Waals surface area contributed by atoms with Gasteiger partial charge in [0.2, 0.25) is 0 Å². The van der Waals surface area contributed by atoms with Crippen LogP contribution in [0.4, 0.5) is 13.2 Å². The summed E-state index contributed by atoms with van der Waals surface area (Å²) in [6, 6.07) is 4.40. The summed E-state index contributed by atoms with van der Waals surface area (Å²) in [6.45, 7) is 2.43. The molecule has 1 aromatic carbocycles. The van der Waals surface area contributed by atoms with Gasteiger partial charge in [-0.2, -0.15) is 13.2 Å². The normalized spacial score (nSPS) is 13.1. The quantitative estimate of drug-likeness (QED) is 0.622. The SMILES string of the molecule is CC(CCl)CCCNC(=O)c1cccc(C(F)(F)F)c1. The fraction of sp³-hybridized carbons (Fsp3) is 0.500. The average Bonchev–Trinajstić information content (AvgIpc) is 2.42. The van der Waals surface area contributed by atoms with Crippen LogP contribution in [0, 0.1) is 5.92 Å². The third-order valence-corrected chi connectivity index (χ3v) is 3.40. The summed E-state index contributed by atoms with van der Waals surface area (Å²) in [7, 11) is 0. The van der Waals surface area contributed by atoms with Gasteiger partial charge < -0.3 is 5.32 Å². The molecule has 1 N–H and O–H groups in total. The van der Waals surface area contributed by atoms with Crippen LogP contribution in [0.1, 0.15) is 35.7 Å². The lowest BCUT2D eigenvalue weighted by atomic mass is 10.1. The zero-order valence-corrected chi connectivity index (χ0v) is 11.9. The Morgan fingerprint density at radius 3 is 2.70 bits per heavy atom. The van der Waals surface area contributed by atoms with Crippen molar-refractivity contribution in [1.29, 1.82) is 0 Å². The third-order valence-electron chi connectivity index (χ3n) is 2.87. The monoisotopic (exact) mass is 307 g/mol. The van der Waals surface area contributed by atoms with Crippen LogP contribution in [0.3, 0.4) is 0 Å². The summed E-state index contributed by atoms with van der Waals surface area (Å²) < 4.78 is 37.6. The van der Waals surface area contributed by atoms with Crippen LogP contribution in [0.15, 0.2) is 24.3 Å². The van der Waals surface area contributed by atoms with E-state index in [9.17, 15) is 18.0 Å². The first-order chi connectivity index (χ1) is 9.34. The predicted octanol–water partition coefficient (Wildman–Crippen LogP) is 4.09. The molecule has 0 saturated carbocycles. The third kappa shape index (κ3) is 5.41. The van der Waals surface area contributed by atoms with Crippen LogP contribution >= 0.6 is 11.6 Å². The van der Waals surface area contributed by atoms with Gasteiger partial charge in [0.05, 0.1) is 5.56 Å². The van der Waals surface area contributed by atoms with Gasteiger partial charge in [-0.1, -0.05) is 13.0 Å². The van der Waals surface area contributed by atoms with E-state index in [1.807, 2.05) is 6.92 Å². The maximum Gasteiger partial charge on any atom is 0.416 e. The molecule has 20 heavy (non-hydrogen) atoms. The van der Waals surface area contributed by atoms with Crippen LogP contribution < -0.4 is 5.32 Å². The molecule has 112 valence electrons. The van der Waals surface area contributed by atoms with Crippen molar-refractivity contribution in [3.8, 4) is 0 Å². The van der Waals surface area contributed by atoms with Crippen molar-refractivity contribution >= 4 is 17.5 Å². The number of rotatable bonds is 6. The number of hydrogen-bond acceptors (Lipinski definition) is 1. The maximum absolute atomic E-state index is 12.5. The minimum Gasteiger partial charge on any atom is -0.352 e. The molecule has 0 aromatic heterocycles. The molecular formula is C14H17ClF3NO. The summed E-state index contributed by atoms with van der Waals surface area (Å²) in [6.07, 6.45) is -2.82. The Bertz CT molecular complexity index is 448. The van der Waals surface area contributed by atoms with Crippen molar-refractivity contribution in [3.63, 3.8) is 0 Å². The molecule has 0 heterocycles. The van der Waals surface area contributed by atoms with E-state index in [1.165, 1.54) is 12.1 Å². The molecule has 0 aliphatic heterocycles. The van der Waals surface area contributed by atoms with Gasteiger partial charge in [0, 0.05) is 18.0 Å². The van der Waals surface area contributed by atoms with Crippen molar-refractivity contribution in [3.05, 3.63) is 35.4 Å². The number of alkyl halides is 4. The van der Waals surface area contributed by atoms with E-state index in [-0.39, 0.29) is 5.56 Å². The summed E-state index contributed by atoms with van der Waals surface area (Å²) in [5.41, 5.74) is -0.800. The van der Waals surface area contributed by atoms with E-state index in [0.29, 0.717) is 18.3 Å². The van der Waals surface area contributed by atoms with Gasteiger partial charge in [0.15, 0.2) is 0 Å². The summed E-state index contributed by atoms with van der Waals surface area (Å²) >= 11 is 5.66. The van der Waals surface area contributed by atoms with Gasteiger partial charge in [0.1, 0.15) is 0 Å². The van der Waals surface area contributed by atoms with Gasteiger partial charge in [-0.25, -0.2) is 0 Å². The molecule has 6 heteroatoms. The Morgan fingerprint density at radius 2 is 2.10 bits per heavy atom. The van der Waals surface area contributed by atoms with Crippen LogP contribution in [0.2, 0.25) is 0 Å². The lowest BCUT2D eigenvalue weighted by molar-refractivity contribution is -0.137. The van der Waals surface area contributed by atoms with E-state index < -0.39 is 17.6 Å². The Balaban J connectivity index is 2.52. The van der Waals surface area contributed by atoms with Gasteiger partial charge >= 0.3 is 6.18 Å². The van der Waals surface area contributed by atoms with E-state index in [0.717, 1.165) is 25.0 Å². The van der Waals surface area contributed by atoms with Gasteiger partial charge in [-0.15, -0.1) is 11.6 Å². The fourth-order valence-corrected chi connectivity index (χ4v) is 1.82. The molecule has 1 atom stereocenters. The van der Waals surface area contributed by atoms with E-state index in [4.69, 9.17) is 11.6 Å². The summed E-state index contributed by atoms with van der Waals surface area (Å²) in [4.78, 5) is 11.7. The molecule has 1 unspecified atom stereocenters. The molecule has 1 amide bonds. The standard InChI is InChI=1S/C14H17ClF3NO/c1-10(9-15)4-3-7-19-13(20)11-5-2-6-12(8-11)14(16,17)18/h2,5-6,8,10H,3-4,7,9H2,1H3,(H,19,20). The Hall–Kier alpha value is -1.23. The van der Waals surface area contributed by atoms with Crippen molar-refractivity contribution < 1.29 is 18.0 Å². The fourth-order valence-electron chi connectivity index (χ4n) is 1.67. The zero-order valence-electron chi connectivity index (χ0n) is 11.1. The summed E-state index contributed by atoms with van der Waals surface area (Å²) in [5.74, 6) is 0.429. The number of halogens is 4. The first-order valence-corrected chi connectivity index (χ1v) is 6.89. The van der Waals surface area contributed by atoms with Gasteiger partial charge in [-0.05, 0) is 37.0 Å². The molecule has 1 rings (SSSR count). The van der Waals surface area contributed by atoms with E-state index in [2.05, 4.69) is 5.32 Å². The highest BCUT2D eigenvalue weighted by atomic mass is 35.5.